The van der Waals surface area contributed by atoms with Gasteiger partial charge in [0.25, 0.3) is 11.8 Å². The summed E-state index contributed by atoms with van der Waals surface area (Å²) in [6, 6.07) is 15.0. The Balaban J connectivity index is 2.04. The minimum absolute atomic E-state index is 0.107. The summed E-state index contributed by atoms with van der Waals surface area (Å²) < 4.78 is 4.96. The molecule has 0 bridgehead atoms. The van der Waals surface area contributed by atoms with E-state index in [-0.39, 0.29) is 16.9 Å². The molecule has 0 aromatic heterocycles. The van der Waals surface area contributed by atoms with E-state index in [4.69, 9.17) is 10.5 Å². The number of ether oxygens (including phenoxy) is 1. The fraction of sp³-hybridized carbons (Fsp3) is 0.100. The lowest BCUT2D eigenvalue weighted by Gasteiger charge is -2.11. The zero-order valence-electron chi connectivity index (χ0n) is 15.1. The molecule has 0 unspecified atom stereocenters. The van der Waals surface area contributed by atoms with Gasteiger partial charge in [-0.3, -0.25) is 14.4 Å². The number of carbonyl (C=O) groups excluding carboxylic acids is 4. The van der Waals surface area contributed by atoms with Crippen LogP contribution in [0, 0.1) is 0 Å². The Morgan fingerprint density at radius 2 is 1.64 bits per heavy atom. The van der Waals surface area contributed by atoms with E-state index in [9.17, 15) is 19.2 Å². The van der Waals surface area contributed by atoms with Crippen LogP contribution >= 0.6 is 0 Å². The maximum Gasteiger partial charge on any atom is 0.355 e. The van der Waals surface area contributed by atoms with Gasteiger partial charge in [0.15, 0.2) is 6.61 Å². The van der Waals surface area contributed by atoms with Gasteiger partial charge in [-0.05, 0) is 23.8 Å². The number of nitrogens with two attached hydrogens (primary N) is 1. The molecule has 4 N–H and O–H groups in total. The number of hydrogen-bond acceptors (Lipinski definition) is 5. The Morgan fingerprint density at radius 3 is 2.29 bits per heavy atom. The number of rotatable bonds is 7. The van der Waals surface area contributed by atoms with Crippen LogP contribution in [0.1, 0.15) is 22.8 Å². The van der Waals surface area contributed by atoms with Crippen molar-refractivity contribution in [1.29, 1.82) is 0 Å². The van der Waals surface area contributed by atoms with Gasteiger partial charge in [-0.15, -0.1) is 0 Å². The summed E-state index contributed by atoms with van der Waals surface area (Å²) in [5.41, 5.74) is 6.15. The van der Waals surface area contributed by atoms with E-state index in [0.29, 0.717) is 5.56 Å². The quantitative estimate of drug-likeness (QED) is 0.494. The highest BCUT2D eigenvalue weighted by molar-refractivity contribution is 6.04. The summed E-state index contributed by atoms with van der Waals surface area (Å²) in [5.74, 6) is -2.70. The monoisotopic (exact) mass is 381 g/mol. The first-order valence-corrected chi connectivity index (χ1v) is 8.27. The summed E-state index contributed by atoms with van der Waals surface area (Å²) in [6.45, 7) is 0.636. The van der Waals surface area contributed by atoms with Crippen LogP contribution < -0.4 is 16.4 Å². The van der Waals surface area contributed by atoms with Crippen molar-refractivity contribution in [2.24, 2.45) is 5.73 Å². The van der Waals surface area contributed by atoms with Crippen LogP contribution in [0.4, 0.5) is 5.69 Å². The van der Waals surface area contributed by atoms with Crippen LogP contribution in [0.2, 0.25) is 0 Å². The van der Waals surface area contributed by atoms with Gasteiger partial charge in [0.1, 0.15) is 5.70 Å². The van der Waals surface area contributed by atoms with Crippen molar-refractivity contribution in [2.75, 3.05) is 11.9 Å². The summed E-state index contributed by atoms with van der Waals surface area (Å²) in [6.07, 6.45) is 1.43. The number of nitrogens with one attached hydrogen (secondary N) is 2. The molecular formula is C20H19N3O5. The normalized spacial score (nSPS) is 10.7. The fourth-order valence-corrected chi connectivity index (χ4v) is 2.25. The maximum atomic E-state index is 12.3. The topological polar surface area (TPSA) is 128 Å². The first-order valence-electron chi connectivity index (χ1n) is 8.27. The fourth-order valence-electron chi connectivity index (χ4n) is 2.25. The molecule has 0 heterocycles. The number of benzene rings is 2. The van der Waals surface area contributed by atoms with E-state index < -0.39 is 30.3 Å². The number of primary amides is 1. The summed E-state index contributed by atoms with van der Waals surface area (Å²) >= 11 is 0. The van der Waals surface area contributed by atoms with Crippen molar-refractivity contribution in [3.63, 3.8) is 0 Å². The van der Waals surface area contributed by atoms with Crippen molar-refractivity contribution in [2.45, 2.75) is 6.92 Å². The molecular weight excluding hydrogens is 362 g/mol. The first kappa shape index (κ1) is 20.4. The maximum absolute atomic E-state index is 12.3. The molecule has 28 heavy (non-hydrogen) atoms. The first-order chi connectivity index (χ1) is 13.4. The molecule has 0 aliphatic heterocycles. The minimum Gasteiger partial charge on any atom is -0.451 e. The van der Waals surface area contributed by atoms with E-state index in [1.54, 1.807) is 36.4 Å². The molecule has 8 nitrogen and oxygen atoms in total. The summed E-state index contributed by atoms with van der Waals surface area (Å²) in [5, 5.41) is 4.83. The van der Waals surface area contributed by atoms with Gasteiger partial charge in [0.2, 0.25) is 5.91 Å². The third kappa shape index (κ3) is 6.10. The number of amides is 3. The van der Waals surface area contributed by atoms with Gasteiger partial charge < -0.3 is 21.1 Å². The number of anilines is 1. The van der Waals surface area contributed by atoms with Crippen LogP contribution in [-0.2, 0) is 19.1 Å². The molecule has 8 heteroatoms. The van der Waals surface area contributed by atoms with Crippen molar-refractivity contribution in [1.82, 2.24) is 5.32 Å². The van der Waals surface area contributed by atoms with E-state index in [0.717, 1.165) is 0 Å². The average Bonchev–Trinajstić information content (AvgIpc) is 2.66. The molecule has 0 saturated carbocycles. The number of esters is 1. The van der Waals surface area contributed by atoms with E-state index in [1.807, 2.05) is 6.07 Å². The molecule has 2 aromatic carbocycles. The Bertz CT molecular complexity index is 922. The number of para-hydroxylation sites is 1. The summed E-state index contributed by atoms with van der Waals surface area (Å²) in [4.78, 5) is 47.0. The van der Waals surface area contributed by atoms with Crippen LogP contribution in [0.3, 0.4) is 0 Å². The van der Waals surface area contributed by atoms with Crippen LogP contribution in [-0.4, -0.2) is 30.3 Å². The van der Waals surface area contributed by atoms with Crippen LogP contribution in [0.25, 0.3) is 6.08 Å². The Kier molecular flexibility index (Phi) is 7.04. The second-order valence-electron chi connectivity index (χ2n) is 5.68. The van der Waals surface area contributed by atoms with E-state index in [1.165, 1.54) is 25.1 Å². The Labute approximate surface area is 161 Å². The molecule has 3 amide bonds. The third-order valence-electron chi connectivity index (χ3n) is 3.44. The third-order valence-corrected chi connectivity index (χ3v) is 3.44. The van der Waals surface area contributed by atoms with Crippen LogP contribution in [0.5, 0.6) is 0 Å². The van der Waals surface area contributed by atoms with E-state index in [2.05, 4.69) is 10.6 Å². The highest BCUT2D eigenvalue weighted by Gasteiger charge is 2.16. The molecule has 144 valence electrons. The molecule has 0 radical (unpaired) electrons. The zero-order chi connectivity index (χ0) is 20.5. The molecule has 0 saturated heterocycles. The second kappa shape index (κ2) is 9.67. The standard InChI is InChI=1S/C20H19N3O5/c1-13(24)22-17(11-14-7-3-2-4-8-14)20(27)28-12-18(25)23-16-10-6-5-9-15(16)19(21)26/h2-11H,12H2,1H3,(H2,21,26)(H,22,24)(H,23,25)/b17-11-. The lowest BCUT2D eigenvalue weighted by Crippen LogP contribution is -2.29. The Hall–Kier alpha value is -3.94. The molecule has 0 fully saturated rings. The van der Waals surface area contributed by atoms with Gasteiger partial charge >= 0.3 is 5.97 Å². The highest BCUT2D eigenvalue weighted by atomic mass is 16.5. The van der Waals surface area contributed by atoms with Gasteiger partial charge in [-0.1, -0.05) is 42.5 Å². The number of carbonyl (C=O) groups is 4. The number of hydrogen-bond donors (Lipinski definition) is 3. The minimum atomic E-state index is -0.877. The molecule has 2 aromatic rings. The smallest absolute Gasteiger partial charge is 0.355 e. The van der Waals surface area contributed by atoms with Gasteiger partial charge in [0.05, 0.1) is 11.3 Å². The predicted octanol–water partition coefficient (Wildman–Crippen LogP) is 1.44. The van der Waals surface area contributed by atoms with Crippen molar-refractivity contribution in [3.8, 4) is 0 Å². The predicted molar refractivity (Wildman–Crippen MR) is 103 cm³/mol. The zero-order valence-corrected chi connectivity index (χ0v) is 15.1. The SMILES string of the molecule is CC(=O)N/C(=C\c1ccccc1)C(=O)OCC(=O)Nc1ccccc1C(N)=O. The second-order valence-corrected chi connectivity index (χ2v) is 5.68. The lowest BCUT2D eigenvalue weighted by atomic mass is 10.1. The average molecular weight is 381 g/mol. The van der Waals surface area contributed by atoms with Gasteiger partial charge in [-0.2, -0.15) is 0 Å². The lowest BCUT2D eigenvalue weighted by molar-refractivity contribution is -0.144. The highest BCUT2D eigenvalue weighted by Crippen LogP contribution is 2.14. The molecule has 0 aliphatic rings. The molecule has 0 spiro atoms. The van der Waals surface area contributed by atoms with Crippen molar-refractivity contribution < 1.29 is 23.9 Å². The van der Waals surface area contributed by atoms with Crippen LogP contribution in [0.15, 0.2) is 60.3 Å². The van der Waals surface area contributed by atoms with Gasteiger partial charge in [0, 0.05) is 6.92 Å². The summed E-state index contributed by atoms with van der Waals surface area (Å²) in [7, 11) is 0. The molecule has 0 aliphatic carbocycles. The molecule has 2 rings (SSSR count). The molecule has 0 atom stereocenters. The van der Waals surface area contributed by atoms with Crippen molar-refractivity contribution >= 4 is 35.5 Å². The van der Waals surface area contributed by atoms with Crippen molar-refractivity contribution in [3.05, 3.63) is 71.4 Å². The Morgan fingerprint density at radius 1 is 1.00 bits per heavy atom. The largest absolute Gasteiger partial charge is 0.451 e. The van der Waals surface area contributed by atoms with E-state index >= 15 is 0 Å². The van der Waals surface area contributed by atoms with Gasteiger partial charge in [-0.25, -0.2) is 4.79 Å².